The van der Waals surface area contributed by atoms with Gasteiger partial charge in [0.1, 0.15) is 6.54 Å². The van der Waals surface area contributed by atoms with E-state index < -0.39 is 29.3 Å². The van der Waals surface area contributed by atoms with Crippen LogP contribution in [0.1, 0.15) is 31.4 Å². The molecule has 0 saturated heterocycles. The molecule has 0 radical (unpaired) electrons. The van der Waals surface area contributed by atoms with Crippen LogP contribution in [-0.4, -0.2) is 32.3 Å². The highest BCUT2D eigenvalue weighted by molar-refractivity contribution is 5.78. The van der Waals surface area contributed by atoms with E-state index >= 15 is 0 Å². The molecule has 1 amide bonds. The molecule has 6 nitrogen and oxygen atoms in total. The lowest BCUT2D eigenvalue weighted by Crippen LogP contribution is -2.55. The predicted molar refractivity (Wildman–Crippen MR) is 64.2 cm³/mol. The number of hydrogen-bond donors (Lipinski definition) is 2. The Kier molecular flexibility index (Phi) is 3.93. The van der Waals surface area contributed by atoms with Crippen molar-refractivity contribution in [3.63, 3.8) is 0 Å². The third kappa shape index (κ3) is 3.73. The first-order valence-corrected chi connectivity index (χ1v) is 6.34. The summed E-state index contributed by atoms with van der Waals surface area (Å²) in [5.74, 6) is -1.57. The molecule has 0 unspecified atom stereocenters. The largest absolute Gasteiger partial charge is 0.481 e. The number of carboxylic acids is 1. The second-order valence-corrected chi connectivity index (χ2v) is 5.15. The number of alkyl halides is 3. The maximum atomic E-state index is 12.4. The van der Waals surface area contributed by atoms with Crippen molar-refractivity contribution >= 4 is 11.9 Å². The molecule has 0 bridgehead atoms. The SMILES string of the molecule is O=C(O)CC1(NC(=O)Cn2ccc(C(F)(F)F)n2)CCC1. The maximum Gasteiger partial charge on any atom is 0.435 e. The molecule has 21 heavy (non-hydrogen) atoms. The second-order valence-electron chi connectivity index (χ2n) is 5.15. The van der Waals surface area contributed by atoms with E-state index in [-0.39, 0.29) is 13.0 Å². The molecule has 9 heteroatoms. The number of aliphatic carboxylic acids is 1. The topological polar surface area (TPSA) is 84.2 Å². The van der Waals surface area contributed by atoms with E-state index in [1.54, 1.807) is 0 Å². The van der Waals surface area contributed by atoms with E-state index in [9.17, 15) is 22.8 Å². The molecule has 1 aliphatic rings. The lowest BCUT2D eigenvalue weighted by molar-refractivity contribution is -0.142. The second kappa shape index (κ2) is 5.38. The molecule has 1 aromatic rings. The molecule has 1 aromatic heterocycles. The quantitative estimate of drug-likeness (QED) is 0.861. The van der Waals surface area contributed by atoms with Gasteiger partial charge < -0.3 is 10.4 Å². The summed E-state index contributed by atoms with van der Waals surface area (Å²) in [6, 6.07) is 0.781. The molecular formula is C12H14F3N3O3. The zero-order chi connectivity index (χ0) is 15.7. The minimum absolute atomic E-state index is 0.189. The standard InChI is InChI=1S/C12H14F3N3O3/c13-12(14,15)8-2-5-18(17-8)7-9(19)16-11(3-1-4-11)6-10(20)21/h2,5H,1,3-4,6-7H2,(H,16,19)(H,20,21). The van der Waals surface area contributed by atoms with Gasteiger partial charge in [-0.3, -0.25) is 14.3 Å². The summed E-state index contributed by atoms with van der Waals surface area (Å²) in [7, 11) is 0. The molecule has 1 fully saturated rings. The van der Waals surface area contributed by atoms with Gasteiger partial charge in [0, 0.05) is 6.20 Å². The number of aromatic nitrogens is 2. The fourth-order valence-electron chi connectivity index (χ4n) is 2.32. The molecule has 0 spiro atoms. The zero-order valence-electron chi connectivity index (χ0n) is 11.0. The Balaban J connectivity index is 1.95. The fraction of sp³-hybridized carbons (Fsp3) is 0.583. The van der Waals surface area contributed by atoms with Crippen LogP contribution >= 0.6 is 0 Å². The predicted octanol–water partition coefficient (Wildman–Crippen LogP) is 1.42. The van der Waals surface area contributed by atoms with Crippen LogP contribution in [0.5, 0.6) is 0 Å². The van der Waals surface area contributed by atoms with E-state index in [1.165, 1.54) is 0 Å². The molecule has 0 aliphatic heterocycles. The van der Waals surface area contributed by atoms with E-state index in [0.29, 0.717) is 12.8 Å². The van der Waals surface area contributed by atoms with Crippen LogP contribution in [0.4, 0.5) is 13.2 Å². The van der Waals surface area contributed by atoms with E-state index in [1.807, 2.05) is 0 Å². The monoisotopic (exact) mass is 305 g/mol. The van der Waals surface area contributed by atoms with Gasteiger partial charge in [-0.25, -0.2) is 0 Å². The number of hydrogen-bond acceptors (Lipinski definition) is 3. The maximum absolute atomic E-state index is 12.4. The Bertz CT molecular complexity index is 549. The number of amides is 1. The molecule has 116 valence electrons. The van der Waals surface area contributed by atoms with Gasteiger partial charge in [-0.1, -0.05) is 0 Å². The molecule has 0 aromatic carbocycles. The van der Waals surface area contributed by atoms with E-state index in [2.05, 4.69) is 10.4 Å². The van der Waals surface area contributed by atoms with E-state index in [0.717, 1.165) is 23.4 Å². The zero-order valence-corrected chi connectivity index (χ0v) is 11.0. The minimum atomic E-state index is -4.56. The van der Waals surface area contributed by atoms with Crippen molar-refractivity contribution in [3.05, 3.63) is 18.0 Å². The third-order valence-corrected chi connectivity index (χ3v) is 3.44. The molecular weight excluding hydrogens is 291 g/mol. The van der Waals surface area contributed by atoms with Gasteiger partial charge in [0.05, 0.1) is 12.0 Å². The van der Waals surface area contributed by atoms with Crippen molar-refractivity contribution in [3.8, 4) is 0 Å². The number of carbonyl (C=O) groups is 2. The summed E-state index contributed by atoms with van der Waals surface area (Å²) in [6.45, 7) is -0.378. The summed E-state index contributed by atoms with van der Waals surface area (Å²) in [5.41, 5.74) is -1.85. The molecule has 0 atom stereocenters. The van der Waals surface area contributed by atoms with Crippen LogP contribution in [0.3, 0.4) is 0 Å². The molecule has 1 heterocycles. The molecule has 2 rings (SSSR count). The Morgan fingerprint density at radius 3 is 2.52 bits per heavy atom. The lowest BCUT2D eigenvalue weighted by Gasteiger charge is -2.41. The van der Waals surface area contributed by atoms with Gasteiger partial charge in [0.15, 0.2) is 5.69 Å². The third-order valence-electron chi connectivity index (χ3n) is 3.44. The average molecular weight is 305 g/mol. The highest BCUT2D eigenvalue weighted by atomic mass is 19.4. The summed E-state index contributed by atoms with van der Waals surface area (Å²) in [6.07, 6.45) is -1.76. The molecule has 1 aliphatic carbocycles. The Morgan fingerprint density at radius 1 is 1.43 bits per heavy atom. The fourth-order valence-corrected chi connectivity index (χ4v) is 2.32. The number of halogens is 3. The van der Waals surface area contributed by atoms with Crippen molar-refractivity contribution in [2.75, 3.05) is 0 Å². The summed E-state index contributed by atoms with van der Waals surface area (Å²) in [5, 5.41) is 14.7. The van der Waals surface area contributed by atoms with Crippen molar-refractivity contribution in [1.82, 2.24) is 15.1 Å². The van der Waals surface area contributed by atoms with Gasteiger partial charge >= 0.3 is 12.1 Å². The lowest BCUT2D eigenvalue weighted by atomic mass is 9.74. The van der Waals surface area contributed by atoms with Crippen molar-refractivity contribution in [2.45, 2.75) is 43.9 Å². The van der Waals surface area contributed by atoms with Gasteiger partial charge in [-0.2, -0.15) is 18.3 Å². The van der Waals surface area contributed by atoms with Crippen LogP contribution in [0.25, 0.3) is 0 Å². The Labute approximate surface area is 117 Å². The first-order valence-electron chi connectivity index (χ1n) is 6.34. The minimum Gasteiger partial charge on any atom is -0.481 e. The Hall–Kier alpha value is -2.06. The highest BCUT2D eigenvalue weighted by Gasteiger charge is 2.40. The van der Waals surface area contributed by atoms with E-state index in [4.69, 9.17) is 5.11 Å². The Morgan fingerprint density at radius 2 is 2.10 bits per heavy atom. The number of nitrogens with one attached hydrogen (secondary N) is 1. The van der Waals surface area contributed by atoms with Crippen LogP contribution in [0.2, 0.25) is 0 Å². The van der Waals surface area contributed by atoms with Gasteiger partial charge in [0.2, 0.25) is 5.91 Å². The summed E-state index contributed by atoms with van der Waals surface area (Å²) in [4.78, 5) is 22.6. The van der Waals surface area contributed by atoms with Crippen molar-refractivity contribution in [2.24, 2.45) is 0 Å². The molecule has 1 saturated carbocycles. The smallest absolute Gasteiger partial charge is 0.435 e. The number of carbonyl (C=O) groups excluding carboxylic acids is 1. The average Bonchev–Trinajstić information content (AvgIpc) is 2.73. The first kappa shape index (κ1) is 15.3. The van der Waals surface area contributed by atoms with Crippen LogP contribution in [0, 0.1) is 0 Å². The molecule has 2 N–H and O–H groups in total. The number of rotatable bonds is 5. The van der Waals surface area contributed by atoms with Gasteiger partial charge in [-0.15, -0.1) is 0 Å². The van der Waals surface area contributed by atoms with Gasteiger partial charge in [-0.05, 0) is 25.3 Å². The van der Waals surface area contributed by atoms with Gasteiger partial charge in [0.25, 0.3) is 0 Å². The van der Waals surface area contributed by atoms with Crippen LogP contribution in [-0.2, 0) is 22.3 Å². The normalized spacial score (nSPS) is 17.1. The van der Waals surface area contributed by atoms with Crippen molar-refractivity contribution < 1.29 is 27.9 Å². The number of nitrogens with zero attached hydrogens (tertiary/aromatic N) is 2. The number of carboxylic acid groups (broad SMARTS) is 1. The highest BCUT2D eigenvalue weighted by Crippen LogP contribution is 2.35. The first-order chi connectivity index (χ1) is 9.70. The van der Waals surface area contributed by atoms with Crippen LogP contribution in [0.15, 0.2) is 12.3 Å². The summed E-state index contributed by atoms with van der Waals surface area (Å²) >= 11 is 0. The summed E-state index contributed by atoms with van der Waals surface area (Å²) < 4.78 is 38.0. The van der Waals surface area contributed by atoms with Crippen LogP contribution < -0.4 is 5.32 Å². The van der Waals surface area contributed by atoms with Crippen molar-refractivity contribution in [1.29, 1.82) is 0 Å².